The fraction of sp³-hybridized carbons (Fsp3) is 0.0455. The number of benzene rings is 3. The number of amides is 2. The lowest BCUT2D eigenvalue weighted by molar-refractivity contribution is -0.137. The van der Waals surface area contributed by atoms with Gasteiger partial charge in [0.25, 0.3) is 11.8 Å². The first-order valence-corrected chi connectivity index (χ1v) is 10.3. The Kier molecular flexibility index (Phi) is 7.26. The first-order chi connectivity index (χ1) is 15.1. The molecule has 0 aromatic heterocycles. The Morgan fingerprint density at radius 2 is 1.50 bits per heavy atom. The van der Waals surface area contributed by atoms with Crippen LogP contribution in [0.3, 0.4) is 0 Å². The van der Waals surface area contributed by atoms with Crippen LogP contribution in [-0.2, 0) is 6.18 Å². The monoisotopic (exact) mass is 521 g/mol. The molecule has 0 aliphatic carbocycles. The van der Waals surface area contributed by atoms with Crippen molar-refractivity contribution in [1.29, 1.82) is 0 Å². The van der Waals surface area contributed by atoms with E-state index in [9.17, 15) is 22.8 Å². The molecule has 3 N–H and O–H groups in total. The minimum atomic E-state index is -4.50. The minimum absolute atomic E-state index is 0.0305. The van der Waals surface area contributed by atoms with Crippen molar-refractivity contribution < 1.29 is 22.8 Å². The molecular weight excluding hydrogens is 507 g/mol. The van der Waals surface area contributed by atoms with Gasteiger partial charge in [-0.25, -0.2) is 0 Å². The zero-order valence-corrected chi connectivity index (χ0v) is 18.6. The Labute approximate surface area is 195 Å². The second-order valence-corrected chi connectivity index (χ2v) is 7.76. The van der Waals surface area contributed by atoms with Crippen LogP contribution in [0.4, 0.5) is 24.5 Å². The van der Waals surface area contributed by atoms with Crippen molar-refractivity contribution >= 4 is 56.4 Å². The van der Waals surface area contributed by atoms with E-state index in [4.69, 9.17) is 12.2 Å². The number of hydrogen-bond acceptors (Lipinski definition) is 3. The van der Waals surface area contributed by atoms with Crippen LogP contribution < -0.4 is 16.0 Å². The molecule has 3 aromatic rings. The van der Waals surface area contributed by atoms with Gasteiger partial charge in [-0.3, -0.25) is 14.9 Å². The van der Waals surface area contributed by atoms with Crippen molar-refractivity contribution in [1.82, 2.24) is 5.32 Å². The third-order valence-corrected chi connectivity index (χ3v) is 5.09. The number of carbonyl (C=O) groups is 2. The minimum Gasteiger partial charge on any atom is -0.332 e. The van der Waals surface area contributed by atoms with Gasteiger partial charge in [0, 0.05) is 21.4 Å². The quantitative estimate of drug-likeness (QED) is 0.377. The first kappa shape index (κ1) is 23.4. The summed E-state index contributed by atoms with van der Waals surface area (Å²) in [4.78, 5) is 24.6. The molecule has 10 heteroatoms. The standard InChI is InChI=1S/C22H15BrF3N3O2S/c23-18-7-2-1-6-17(18)20(31)29-21(32)28-15-10-8-13(9-11-15)19(30)27-16-5-3-4-14(12-16)22(24,25)26/h1-12H,(H,27,30)(H2,28,29,31,32). The summed E-state index contributed by atoms with van der Waals surface area (Å²) in [5.41, 5.74) is 0.336. The topological polar surface area (TPSA) is 70.2 Å². The lowest BCUT2D eigenvalue weighted by Crippen LogP contribution is -2.34. The van der Waals surface area contributed by atoms with Gasteiger partial charge in [0.15, 0.2) is 5.11 Å². The van der Waals surface area contributed by atoms with E-state index in [-0.39, 0.29) is 16.4 Å². The van der Waals surface area contributed by atoms with E-state index >= 15 is 0 Å². The van der Waals surface area contributed by atoms with Gasteiger partial charge in [0.1, 0.15) is 0 Å². The van der Waals surface area contributed by atoms with Crippen LogP contribution in [0.15, 0.2) is 77.3 Å². The highest BCUT2D eigenvalue weighted by atomic mass is 79.9. The van der Waals surface area contributed by atoms with Crippen LogP contribution in [0.2, 0.25) is 0 Å². The van der Waals surface area contributed by atoms with Gasteiger partial charge < -0.3 is 10.6 Å². The summed E-state index contributed by atoms with van der Waals surface area (Å²) in [6.07, 6.45) is -4.50. The summed E-state index contributed by atoms with van der Waals surface area (Å²) in [7, 11) is 0. The van der Waals surface area contributed by atoms with Gasteiger partial charge in [0.05, 0.1) is 11.1 Å². The van der Waals surface area contributed by atoms with Crippen LogP contribution in [0.5, 0.6) is 0 Å². The van der Waals surface area contributed by atoms with E-state index in [0.717, 1.165) is 12.1 Å². The molecule has 0 atom stereocenters. The van der Waals surface area contributed by atoms with Crippen LogP contribution in [-0.4, -0.2) is 16.9 Å². The Hall–Kier alpha value is -3.24. The van der Waals surface area contributed by atoms with Gasteiger partial charge in [-0.2, -0.15) is 13.2 Å². The molecule has 2 amide bonds. The third kappa shape index (κ3) is 6.14. The predicted octanol–water partition coefficient (Wildman–Crippen LogP) is 5.85. The normalized spacial score (nSPS) is 10.9. The van der Waals surface area contributed by atoms with Crippen molar-refractivity contribution in [2.24, 2.45) is 0 Å². The van der Waals surface area contributed by atoms with E-state index in [1.807, 2.05) is 0 Å². The average Bonchev–Trinajstić information content (AvgIpc) is 2.74. The zero-order chi connectivity index (χ0) is 23.3. The third-order valence-electron chi connectivity index (χ3n) is 4.20. The number of nitrogens with one attached hydrogen (secondary N) is 3. The van der Waals surface area contributed by atoms with Gasteiger partial charge in [-0.15, -0.1) is 0 Å². The highest BCUT2D eigenvalue weighted by Crippen LogP contribution is 2.30. The molecule has 5 nitrogen and oxygen atoms in total. The number of thiocarbonyl (C=S) groups is 1. The summed E-state index contributed by atoms with van der Waals surface area (Å²) >= 11 is 8.43. The second-order valence-electron chi connectivity index (χ2n) is 6.50. The molecule has 32 heavy (non-hydrogen) atoms. The van der Waals surface area contributed by atoms with Gasteiger partial charge in [0.2, 0.25) is 0 Å². The average molecular weight is 522 g/mol. The molecule has 0 radical (unpaired) electrons. The van der Waals surface area contributed by atoms with Gasteiger partial charge >= 0.3 is 6.18 Å². The molecule has 0 bridgehead atoms. The van der Waals surface area contributed by atoms with Crippen molar-refractivity contribution in [3.63, 3.8) is 0 Å². The summed E-state index contributed by atoms with van der Waals surface area (Å²) in [6.45, 7) is 0. The molecule has 0 spiro atoms. The van der Waals surface area contributed by atoms with Crippen LogP contribution in [0, 0.1) is 0 Å². The lowest BCUT2D eigenvalue weighted by atomic mass is 10.1. The van der Waals surface area contributed by atoms with Crippen molar-refractivity contribution in [2.75, 3.05) is 10.6 Å². The molecule has 164 valence electrons. The highest BCUT2D eigenvalue weighted by molar-refractivity contribution is 9.10. The van der Waals surface area contributed by atoms with Crippen molar-refractivity contribution in [3.05, 3.63) is 94.0 Å². The van der Waals surface area contributed by atoms with E-state index in [0.29, 0.717) is 15.7 Å². The molecule has 0 aliphatic heterocycles. The Morgan fingerprint density at radius 3 is 2.16 bits per heavy atom. The maximum Gasteiger partial charge on any atom is 0.416 e. The SMILES string of the molecule is O=C(Nc1cccc(C(F)(F)F)c1)c1ccc(NC(=S)NC(=O)c2ccccc2Br)cc1. The van der Waals surface area contributed by atoms with Crippen molar-refractivity contribution in [3.8, 4) is 0 Å². The molecular formula is C22H15BrF3N3O2S. The molecule has 0 heterocycles. The summed E-state index contributed by atoms with van der Waals surface area (Å²) in [5, 5.41) is 7.88. The fourth-order valence-electron chi connectivity index (χ4n) is 2.66. The number of alkyl halides is 3. The molecule has 0 aliphatic rings. The first-order valence-electron chi connectivity index (χ1n) is 9.09. The highest BCUT2D eigenvalue weighted by Gasteiger charge is 2.30. The molecule has 3 aromatic carbocycles. The van der Waals surface area contributed by atoms with E-state index in [1.165, 1.54) is 24.3 Å². The summed E-state index contributed by atoms with van der Waals surface area (Å²) in [6, 6.07) is 17.3. The largest absolute Gasteiger partial charge is 0.416 e. The maximum absolute atomic E-state index is 12.8. The van der Waals surface area contributed by atoms with Gasteiger partial charge in [-0.05, 0) is 82.7 Å². The molecule has 0 unspecified atom stereocenters. The summed E-state index contributed by atoms with van der Waals surface area (Å²) in [5.74, 6) is -0.965. The predicted molar refractivity (Wildman–Crippen MR) is 124 cm³/mol. The van der Waals surface area contributed by atoms with E-state index in [2.05, 4.69) is 31.9 Å². The Bertz CT molecular complexity index is 1170. The molecule has 0 saturated carbocycles. The summed E-state index contributed by atoms with van der Waals surface area (Å²) < 4.78 is 39.1. The van der Waals surface area contributed by atoms with Crippen LogP contribution in [0.1, 0.15) is 26.3 Å². The van der Waals surface area contributed by atoms with Crippen molar-refractivity contribution in [2.45, 2.75) is 6.18 Å². The number of hydrogen-bond donors (Lipinski definition) is 3. The molecule has 0 fully saturated rings. The number of anilines is 2. The smallest absolute Gasteiger partial charge is 0.332 e. The number of carbonyl (C=O) groups excluding carboxylic acids is 2. The Balaban J connectivity index is 1.60. The zero-order valence-electron chi connectivity index (χ0n) is 16.2. The van der Waals surface area contributed by atoms with Gasteiger partial charge in [-0.1, -0.05) is 18.2 Å². The second kappa shape index (κ2) is 9.92. The Morgan fingerprint density at radius 1 is 0.812 bits per heavy atom. The fourth-order valence-corrected chi connectivity index (χ4v) is 3.34. The van der Waals surface area contributed by atoms with E-state index in [1.54, 1.807) is 36.4 Å². The number of halogens is 4. The number of rotatable bonds is 4. The molecule has 3 rings (SSSR count). The maximum atomic E-state index is 12.8. The lowest BCUT2D eigenvalue weighted by Gasteiger charge is -2.12. The van der Waals surface area contributed by atoms with E-state index < -0.39 is 23.6 Å². The van der Waals surface area contributed by atoms with Crippen LogP contribution >= 0.6 is 28.1 Å². The van der Waals surface area contributed by atoms with Crippen LogP contribution in [0.25, 0.3) is 0 Å². The molecule has 0 saturated heterocycles.